The van der Waals surface area contributed by atoms with Crippen LogP contribution in [0.15, 0.2) is 103 Å². The van der Waals surface area contributed by atoms with Crippen molar-refractivity contribution in [1.82, 2.24) is 30.5 Å². The van der Waals surface area contributed by atoms with Crippen LogP contribution in [0.1, 0.15) is 37.4 Å². The average molecular weight is 515 g/mol. The summed E-state index contributed by atoms with van der Waals surface area (Å²) in [6.45, 7) is 10.7. The van der Waals surface area contributed by atoms with Crippen molar-refractivity contribution in [2.45, 2.75) is 26.2 Å². The lowest BCUT2D eigenvalue weighted by molar-refractivity contribution is 0.371. The van der Waals surface area contributed by atoms with Gasteiger partial charge in [0.1, 0.15) is 5.69 Å². The van der Waals surface area contributed by atoms with Gasteiger partial charge in [-0.25, -0.2) is 0 Å². The summed E-state index contributed by atoms with van der Waals surface area (Å²) in [5.41, 5.74) is 9.57. The number of pyridine rings is 3. The Labute approximate surface area is 227 Å². The Hall–Kier alpha value is -4.85. The zero-order valence-corrected chi connectivity index (χ0v) is 21.9. The van der Waals surface area contributed by atoms with Crippen molar-refractivity contribution in [1.29, 1.82) is 0 Å². The Balaban J connectivity index is 1.27. The molecule has 1 aliphatic carbocycles. The first kappa shape index (κ1) is 24.5. The fourth-order valence-corrected chi connectivity index (χ4v) is 4.96. The van der Waals surface area contributed by atoms with E-state index in [0.29, 0.717) is 12.5 Å². The molecule has 0 amide bonds. The Morgan fingerprint density at radius 2 is 1.95 bits per heavy atom. The largest absolute Gasteiger partial charge is 0.358 e. The van der Waals surface area contributed by atoms with Crippen LogP contribution in [0.25, 0.3) is 27.7 Å². The summed E-state index contributed by atoms with van der Waals surface area (Å²) in [6, 6.07) is 8.09. The molecule has 0 bridgehead atoms. The maximum Gasteiger partial charge on any atom is 0.154 e. The third-order valence-electron chi connectivity index (χ3n) is 7.36. The van der Waals surface area contributed by atoms with Gasteiger partial charge in [0.15, 0.2) is 5.84 Å². The molecule has 0 saturated heterocycles. The number of hydrogen-bond acceptors (Lipinski definition) is 7. The number of aliphatic imine (C=N–C) groups is 1. The number of aromatic amines is 1. The highest BCUT2D eigenvalue weighted by Crippen LogP contribution is 2.33. The zero-order valence-electron chi connectivity index (χ0n) is 21.9. The molecule has 1 aliphatic heterocycles. The molecule has 0 aromatic carbocycles. The summed E-state index contributed by atoms with van der Waals surface area (Å²) >= 11 is 0. The third-order valence-corrected chi connectivity index (χ3v) is 7.36. The standard InChI is InChI=1S/C31H30N8/c1-4-6-25(22-9-11-32-12-10-22)27-17-35-31(37-20(27)3)30-26-14-28(34-18-29(26)38-39-30)23-13-24(16-33-15-23)36-19(2)21-7-5-8-21/h4,6,9-16,18,21,36H,1-2,5,7-8,17H2,3H3,(H,35,37)(H,38,39)/b25-6-. The molecule has 39 heavy (non-hydrogen) atoms. The normalized spacial score (nSPS) is 15.9. The van der Waals surface area contributed by atoms with Gasteiger partial charge >= 0.3 is 0 Å². The maximum absolute atomic E-state index is 4.88. The summed E-state index contributed by atoms with van der Waals surface area (Å²) < 4.78 is 0. The number of nitrogens with one attached hydrogen (secondary N) is 3. The van der Waals surface area contributed by atoms with Crippen LogP contribution >= 0.6 is 0 Å². The Morgan fingerprint density at radius 3 is 2.69 bits per heavy atom. The molecule has 0 unspecified atom stereocenters. The van der Waals surface area contributed by atoms with Crippen molar-refractivity contribution in [3.63, 3.8) is 0 Å². The predicted octanol–water partition coefficient (Wildman–Crippen LogP) is 6.03. The number of anilines is 1. The second-order valence-electron chi connectivity index (χ2n) is 9.87. The molecular weight excluding hydrogens is 484 g/mol. The van der Waals surface area contributed by atoms with Gasteiger partial charge in [-0.1, -0.05) is 31.7 Å². The molecule has 6 rings (SSSR count). The zero-order chi connectivity index (χ0) is 26.8. The molecule has 4 aromatic heterocycles. The highest BCUT2D eigenvalue weighted by molar-refractivity contribution is 6.09. The van der Waals surface area contributed by atoms with Crippen LogP contribution in [0.2, 0.25) is 0 Å². The smallest absolute Gasteiger partial charge is 0.154 e. The second kappa shape index (κ2) is 10.5. The van der Waals surface area contributed by atoms with Crippen LogP contribution in [0.3, 0.4) is 0 Å². The second-order valence-corrected chi connectivity index (χ2v) is 9.87. The summed E-state index contributed by atoms with van der Waals surface area (Å²) in [6.07, 6.45) is 16.5. The van der Waals surface area contributed by atoms with Crippen LogP contribution in [0.4, 0.5) is 5.69 Å². The number of fused-ring (bicyclic) bond motifs is 1. The van der Waals surface area contributed by atoms with E-state index in [9.17, 15) is 0 Å². The molecule has 194 valence electrons. The SMILES string of the molecule is C=C/C=C(\C1=C(C)NC(c2n[nH]c3cnc(-c4cncc(NC(=C)C5CCC5)c4)cc23)=NC1)c1ccncc1. The first-order valence-corrected chi connectivity index (χ1v) is 13.1. The lowest BCUT2D eigenvalue weighted by Crippen LogP contribution is -2.29. The molecule has 3 N–H and O–H groups in total. The van der Waals surface area contributed by atoms with E-state index in [4.69, 9.17) is 4.99 Å². The van der Waals surface area contributed by atoms with Gasteiger partial charge in [0.25, 0.3) is 0 Å². The van der Waals surface area contributed by atoms with Crippen molar-refractivity contribution < 1.29 is 0 Å². The Morgan fingerprint density at radius 1 is 1.10 bits per heavy atom. The summed E-state index contributed by atoms with van der Waals surface area (Å²) in [5.74, 6) is 1.27. The van der Waals surface area contributed by atoms with Crippen LogP contribution < -0.4 is 10.6 Å². The van der Waals surface area contributed by atoms with Crippen LogP contribution in [0.5, 0.6) is 0 Å². The molecule has 1 fully saturated rings. The van der Waals surface area contributed by atoms with Gasteiger partial charge in [-0.05, 0) is 61.1 Å². The van der Waals surface area contributed by atoms with Gasteiger partial charge < -0.3 is 10.6 Å². The fourth-order valence-electron chi connectivity index (χ4n) is 4.96. The number of allylic oxidation sites excluding steroid dienone is 4. The van der Waals surface area contributed by atoms with E-state index >= 15 is 0 Å². The van der Waals surface area contributed by atoms with Crippen LogP contribution in [0, 0.1) is 5.92 Å². The Bertz CT molecular complexity index is 1650. The number of H-pyrrole nitrogens is 1. The first-order chi connectivity index (χ1) is 19.1. The molecule has 1 saturated carbocycles. The third kappa shape index (κ3) is 4.88. The first-order valence-electron chi connectivity index (χ1n) is 13.1. The summed E-state index contributed by atoms with van der Waals surface area (Å²) in [4.78, 5) is 18.1. The maximum atomic E-state index is 4.88. The monoisotopic (exact) mass is 514 g/mol. The van der Waals surface area contributed by atoms with Crippen molar-refractivity contribution in [2.75, 3.05) is 11.9 Å². The molecule has 8 nitrogen and oxygen atoms in total. The quantitative estimate of drug-likeness (QED) is 0.248. The van der Waals surface area contributed by atoms with Gasteiger partial charge in [0.05, 0.1) is 35.8 Å². The van der Waals surface area contributed by atoms with E-state index in [1.54, 1.807) is 24.7 Å². The molecule has 0 spiro atoms. The fraction of sp³-hybridized carbons (Fsp3) is 0.194. The minimum atomic E-state index is 0.519. The van der Waals surface area contributed by atoms with E-state index in [1.807, 2.05) is 36.7 Å². The van der Waals surface area contributed by atoms with Gasteiger partial charge in [0, 0.05) is 46.5 Å². The van der Waals surface area contributed by atoms with E-state index in [0.717, 1.165) is 67.5 Å². The Kier molecular flexibility index (Phi) is 6.59. The molecule has 0 radical (unpaired) electrons. The van der Waals surface area contributed by atoms with Gasteiger partial charge in [-0.3, -0.25) is 25.0 Å². The summed E-state index contributed by atoms with van der Waals surface area (Å²) in [5, 5.41) is 15.5. The lowest BCUT2D eigenvalue weighted by Gasteiger charge is -2.28. The number of rotatable bonds is 8. The number of aromatic nitrogens is 5. The van der Waals surface area contributed by atoms with Crippen LogP contribution in [-0.2, 0) is 0 Å². The van der Waals surface area contributed by atoms with Crippen molar-refractivity contribution in [3.8, 4) is 11.3 Å². The van der Waals surface area contributed by atoms with Gasteiger partial charge in [-0.2, -0.15) is 5.10 Å². The number of amidine groups is 1. The van der Waals surface area contributed by atoms with Crippen molar-refractivity contribution in [2.24, 2.45) is 10.9 Å². The van der Waals surface area contributed by atoms with E-state index < -0.39 is 0 Å². The number of hydrogen-bond donors (Lipinski definition) is 3. The summed E-state index contributed by atoms with van der Waals surface area (Å²) in [7, 11) is 0. The highest BCUT2D eigenvalue weighted by atomic mass is 15.2. The highest BCUT2D eigenvalue weighted by Gasteiger charge is 2.22. The van der Waals surface area contributed by atoms with Crippen LogP contribution in [-0.4, -0.2) is 37.5 Å². The van der Waals surface area contributed by atoms with E-state index in [1.165, 1.54) is 19.3 Å². The molecule has 0 atom stereocenters. The molecule has 4 aromatic rings. The van der Waals surface area contributed by atoms with Gasteiger partial charge in [0.2, 0.25) is 0 Å². The molecule has 8 heteroatoms. The molecule has 2 aliphatic rings. The molecule has 5 heterocycles. The van der Waals surface area contributed by atoms with E-state index in [-0.39, 0.29) is 0 Å². The van der Waals surface area contributed by atoms with Gasteiger partial charge in [-0.15, -0.1) is 0 Å². The van der Waals surface area contributed by atoms with Crippen molar-refractivity contribution >= 4 is 28.0 Å². The van der Waals surface area contributed by atoms with Crippen molar-refractivity contribution in [3.05, 3.63) is 109 Å². The average Bonchev–Trinajstić information content (AvgIpc) is 3.35. The predicted molar refractivity (Wildman–Crippen MR) is 157 cm³/mol. The topological polar surface area (TPSA) is 104 Å². The minimum absolute atomic E-state index is 0.519. The van der Waals surface area contributed by atoms with E-state index in [2.05, 4.69) is 61.9 Å². The molecular formula is C31H30N8. The number of nitrogens with zero attached hydrogens (tertiary/aromatic N) is 5. The minimum Gasteiger partial charge on any atom is -0.358 e. The lowest BCUT2D eigenvalue weighted by atomic mass is 9.83.